The molecule has 2 heterocycles. The van der Waals surface area contributed by atoms with Gasteiger partial charge in [0.1, 0.15) is 5.82 Å². The molecule has 9 heteroatoms. The summed E-state index contributed by atoms with van der Waals surface area (Å²) in [6.45, 7) is 3.35. The van der Waals surface area contributed by atoms with Crippen LogP contribution < -0.4 is 4.90 Å². The van der Waals surface area contributed by atoms with Gasteiger partial charge in [-0.05, 0) is 36.4 Å². The van der Waals surface area contributed by atoms with Crippen molar-refractivity contribution in [1.29, 1.82) is 0 Å². The van der Waals surface area contributed by atoms with Crippen molar-refractivity contribution in [1.82, 2.24) is 14.5 Å². The first-order valence-electron chi connectivity index (χ1n) is 10.5. The monoisotopic (exact) mass is 438 g/mol. The molecule has 2 N–H and O–H groups in total. The lowest BCUT2D eigenvalue weighted by Crippen LogP contribution is -2.48. The molecule has 1 aliphatic rings. The number of nitrogens with zero attached hydrogens (tertiary/aromatic N) is 4. The van der Waals surface area contributed by atoms with Gasteiger partial charge in [0.15, 0.2) is 0 Å². The molecule has 0 unspecified atom stereocenters. The molecule has 0 radical (unpaired) electrons. The van der Waals surface area contributed by atoms with Gasteiger partial charge in [-0.25, -0.2) is 9.78 Å². The van der Waals surface area contributed by atoms with Crippen molar-refractivity contribution >= 4 is 28.7 Å². The van der Waals surface area contributed by atoms with E-state index < -0.39 is 5.97 Å². The molecular formula is C23H26N4O5. The number of methoxy groups -OCH3 is 1. The first-order valence-corrected chi connectivity index (χ1v) is 10.5. The quantitative estimate of drug-likeness (QED) is 0.535. The third-order valence-corrected chi connectivity index (χ3v) is 5.71. The molecule has 0 atom stereocenters. The zero-order valence-corrected chi connectivity index (χ0v) is 17.9. The topological polar surface area (TPSA) is 108 Å². The summed E-state index contributed by atoms with van der Waals surface area (Å²) >= 11 is 0. The molecule has 1 aliphatic heterocycles. The number of anilines is 1. The highest BCUT2D eigenvalue weighted by molar-refractivity contribution is 5.93. The second-order valence-corrected chi connectivity index (χ2v) is 7.70. The summed E-state index contributed by atoms with van der Waals surface area (Å²) in [7, 11) is 1.40. The Kier molecular flexibility index (Phi) is 6.38. The number of esters is 1. The summed E-state index contributed by atoms with van der Waals surface area (Å²) in [5.41, 5.74) is 3.50. The Bertz CT molecular complexity index is 1130. The van der Waals surface area contributed by atoms with E-state index in [1.165, 1.54) is 7.11 Å². The van der Waals surface area contributed by atoms with Gasteiger partial charge in [0.05, 0.1) is 36.9 Å². The first kappa shape index (κ1) is 21.8. The van der Waals surface area contributed by atoms with E-state index in [2.05, 4.69) is 20.9 Å². The maximum atomic E-state index is 11.5. The number of fused-ring (bicyclic) bond motifs is 1. The van der Waals surface area contributed by atoms with Crippen molar-refractivity contribution in [3.63, 3.8) is 0 Å². The molecule has 168 valence electrons. The minimum Gasteiger partial charge on any atom is -0.478 e. The van der Waals surface area contributed by atoms with Gasteiger partial charge >= 0.3 is 11.9 Å². The Balaban J connectivity index is 1.62. The van der Waals surface area contributed by atoms with Crippen LogP contribution in [0.4, 0.5) is 5.69 Å². The number of carbonyl (C=O) groups is 2. The zero-order valence-electron chi connectivity index (χ0n) is 17.9. The van der Waals surface area contributed by atoms with Gasteiger partial charge in [0.25, 0.3) is 0 Å². The average Bonchev–Trinajstić information content (AvgIpc) is 3.17. The summed E-state index contributed by atoms with van der Waals surface area (Å²) in [6, 6.07) is 13.0. The largest absolute Gasteiger partial charge is 0.478 e. The Morgan fingerprint density at radius 1 is 1.06 bits per heavy atom. The van der Waals surface area contributed by atoms with Crippen molar-refractivity contribution < 1.29 is 24.5 Å². The smallest absolute Gasteiger partial charge is 0.335 e. The summed E-state index contributed by atoms with van der Waals surface area (Å²) in [5.74, 6) is -0.557. The number of imidazole rings is 1. The number of aliphatic hydroxyl groups is 1. The number of carboxylic acids is 1. The Hall–Kier alpha value is -3.43. The molecule has 0 spiro atoms. The van der Waals surface area contributed by atoms with E-state index in [1.807, 2.05) is 22.8 Å². The van der Waals surface area contributed by atoms with Crippen molar-refractivity contribution in [3.05, 3.63) is 53.9 Å². The van der Waals surface area contributed by atoms with Crippen LogP contribution in [0.25, 0.3) is 16.7 Å². The van der Waals surface area contributed by atoms with Gasteiger partial charge < -0.3 is 19.8 Å². The molecule has 9 nitrogen and oxygen atoms in total. The number of ether oxygens (including phenoxy) is 1. The van der Waals surface area contributed by atoms with Crippen LogP contribution in [0, 0.1) is 0 Å². The fourth-order valence-electron chi connectivity index (χ4n) is 4.06. The molecule has 0 saturated carbocycles. The van der Waals surface area contributed by atoms with Crippen LogP contribution in [0.5, 0.6) is 0 Å². The number of rotatable bonds is 7. The van der Waals surface area contributed by atoms with E-state index in [1.54, 1.807) is 18.2 Å². The number of hydrogen-bond acceptors (Lipinski definition) is 7. The van der Waals surface area contributed by atoms with Gasteiger partial charge in [-0.2, -0.15) is 0 Å². The normalized spacial score (nSPS) is 14.6. The van der Waals surface area contributed by atoms with Gasteiger partial charge in [0.2, 0.25) is 0 Å². The highest BCUT2D eigenvalue weighted by atomic mass is 16.5. The van der Waals surface area contributed by atoms with Crippen LogP contribution in [-0.4, -0.2) is 83.0 Å². The second-order valence-electron chi connectivity index (χ2n) is 7.70. The minimum atomic E-state index is -1.00. The van der Waals surface area contributed by atoms with Crippen LogP contribution in [0.2, 0.25) is 0 Å². The third kappa shape index (κ3) is 4.44. The van der Waals surface area contributed by atoms with Gasteiger partial charge in [-0.3, -0.25) is 14.3 Å². The fourth-order valence-corrected chi connectivity index (χ4v) is 4.06. The van der Waals surface area contributed by atoms with E-state index >= 15 is 0 Å². The molecule has 0 aliphatic carbocycles. The van der Waals surface area contributed by atoms with E-state index in [9.17, 15) is 19.8 Å². The van der Waals surface area contributed by atoms with Crippen molar-refractivity contribution in [3.8, 4) is 5.69 Å². The lowest BCUT2D eigenvalue weighted by Gasteiger charge is -2.35. The second kappa shape index (κ2) is 9.37. The van der Waals surface area contributed by atoms with Crippen LogP contribution in [-0.2, 0) is 16.0 Å². The van der Waals surface area contributed by atoms with Crippen molar-refractivity contribution in [2.75, 3.05) is 51.3 Å². The number of aliphatic hydroxyl groups excluding tert-OH is 1. The standard InChI is InChI=1S/C23H26N4O5/c1-32-22(29)15-25-8-10-26(11-9-25)17-3-2-4-18(14-17)27-20-6-5-16(23(30)31)13-19(20)24-21(27)7-12-28/h2-6,13-14,28H,7-12,15H2,1H3,(H,30,31). The SMILES string of the molecule is COC(=O)CN1CCN(c2cccc(-n3c(CCO)nc4cc(C(=O)O)ccc43)c2)CC1. The Labute approximate surface area is 185 Å². The fraction of sp³-hybridized carbons (Fsp3) is 0.348. The average molecular weight is 438 g/mol. The van der Waals surface area contributed by atoms with Crippen LogP contribution in [0.3, 0.4) is 0 Å². The minimum absolute atomic E-state index is 0.0586. The van der Waals surface area contributed by atoms with Gasteiger partial charge in [0, 0.05) is 44.0 Å². The number of hydrogen-bond donors (Lipinski definition) is 2. The molecule has 0 bridgehead atoms. The number of aromatic carboxylic acids is 1. The number of benzene rings is 2. The predicted molar refractivity (Wildman–Crippen MR) is 119 cm³/mol. The molecule has 4 rings (SSSR count). The molecule has 1 fully saturated rings. The lowest BCUT2D eigenvalue weighted by molar-refractivity contribution is -0.142. The van der Waals surface area contributed by atoms with E-state index in [0.717, 1.165) is 43.1 Å². The number of piperazine rings is 1. The maximum absolute atomic E-state index is 11.5. The summed E-state index contributed by atoms with van der Waals surface area (Å²) in [5, 5.41) is 18.8. The highest BCUT2D eigenvalue weighted by Crippen LogP contribution is 2.26. The van der Waals surface area contributed by atoms with Gasteiger partial charge in [-0.1, -0.05) is 6.07 Å². The Morgan fingerprint density at radius 3 is 2.50 bits per heavy atom. The zero-order chi connectivity index (χ0) is 22.7. The van der Waals surface area contributed by atoms with Crippen LogP contribution in [0.1, 0.15) is 16.2 Å². The Morgan fingerprint density at radius 2 is 1.81 bits per heavy atom. The molecule has 2 aromatic carbocycles. The first-order chi connectivity index (χ1) is 15.5. The lowest BCUT2D eigenvalue weighted by atomic mass is 10.2. The van der Waals surface area contributed by atoms with Crippen molar-refractivity contribution in [2.45, 2.75) is 6.42 Å². The van der Waals surface area contributed by atoms with E-state index in [4.69, 9.17) is 4.74 Å². The van der Waals surface area contributed by atoms with E-state index in [0.29, 0.717) is 24.3 Å². The molecule has 0 amide bonds. The summed E-state index contributed by atoms with van der Waals surface area (Å²) in [4.78, 5) is 31.8. The third-order valence-electron chi connectivity index (χ3n) is 5.71. The van der Waals surface area contributed by atoms with E-state index in [-0.39, 0.29) is 18.1 Å². The summed E-state index contributed by atoms with van der Waals surface area (Å²) in [6.07, 6.45) is 0.355. The molecule has 32 heavy (non-hydrogen) atoms. The molecule has 1 aromatic heterocycles. The number of carbonyl (C=O) groups excluding carboxylic acids is 1. The molecular weight excluding hydrogens is 412 g/mol. The highest BCUT2D eigenvalue weighted by Gasteiger charge is 2.20. The number of aromatic nitrogens is 2. The maximum Gasteiger partial charge on any atom is 0.335 e. The molecule has 1 saturated heterocycles. The predicted octanol–water partition coefficient (Wildman–Crippen LogP) is 1.55. The molecule has 3 aromatic rings. The summed E-state index contributed by atoms with van der Waals surface area (Å²) < 4.78 is 6.72. The van der Waals surface area contributed by atoms with Crippen molar-refractivity contribution in [2.24, 2.45) is 0 Å². The number of carboxylic acid groups (broad SMARTS) is 1. The van der Waals surface area contributed by atoms with Crippen LogP contribution >= 0.6 is 0 Å². The van der Waals surface area contributed by atoms with Crippen LogP contribution in [0.15, 0.2) is 42.5 Å². The van der Waals surface area contributed by atoms with Gasteiger partial charge in [-0.15, -0.1) is 0 Å².